The van der Waals surface area contributed by atoms with Crippen molar-refractivity contribution in [3.05, 3.63) is 84.1 Å². The number of para-hydroxylation sites is 1. The minimum atomic E-state index is -0.384. The van der Waals surface area contributed by atoms with Crippen molar-refractivity contribution in [2.75, 3.05) is 23.3 Å². The summed E-state index contributed by atoms with van der Waals surface area (Å²) in [5.74, 6) is 0.749. The van der Waals surface area contributed by atoms with Crippen LogP contribution in [0.2, 0.25) is 0 Å². The maximum atomic E-state index is 13.6. The lowest BCUT2D eigenvalue weighted by Crippen LogP contribution is -2.49. The number of rotatable bonds is 6. The molecule has 0 aliphatic carbocycles. The molecule has 2 N–H and O–H groups in total. The van der Waals surface area contributed by atoms with Gasteiger partial charge < -0.3 is 24.7 Å². The number of piperidine rings is 1. The number of benzene rings is 2. The summed E-state index contributed by atoms with van der Waals surface area (Å²) in [4.78, 5) is 48.0. The quantitative estimate of drug-likeness (QED) is 0.211. The van der Waals surface area contributed by atoms with Crippen LogP contribution >= 0.6 is 11.3 Å². The molecule has 3 aromatic heterocycles. The summed E-state index contributed by atoms with van der Waals surface area (Å²) in [5.41, 5.74) is 3.23. The number of anilines is 3. The normalized spacial score (nSPS) is 16.3. The van der Waals surface area contributed by atoms with E-state index in [1.807, 2.05) is 49.4 Å². The Morgan fingerprint density at radius 3 is 2.93 bits per heavy atom. The van der Waals surface area contributed by atoms with E-state index in [2.05, 4.69) is 22.2 Å². The van der Waals surface area contributed by atoms with E-state index in [9.17, 15) is 14.4 Å². The number of carbonyl (C=O) groups excluding carboxylic acids is 3. The van der Waals surface area contributed by atoms with Crippen LogP contribution in [0.15, 0.2) is 78.1 Å². The average Bonchev–Trinajstić information content (AvgIpc) is 3.64. The van der Waals surface area contributed by atoms with E-state index in [0.717, 1.165) is 23.8 Å². The molecular formula is C32H27N5O5S. The molecule has 5 aromatic rings. The third-order valence-corrected chi connectivity index (χ3v) is 8.87. The van der Waals surface area contributed by atoms with E-state index in [1.54, 1.807) is 28.3 Å². The van der Waals surface area contributed by atoms with Crippen molar-refractivity contribution in [1.29, 1.82) is 0 Å². The number of ether oxygens (including phenoxy) is 1. The topological polar surface area (TPSA) is 117 Å². The number of likely N-dealkylation sites (tertiary alicyclic amines) is 1. The highest BCUT2D eigenvalue weighted by molar-refractivity contribution is 7.21. The monoisotopic (exact) mass is 593 g/mol. The third-order valence-electron chi connectivity index (χ3n) is 7.77. The van der Waals surface area contributed by atoms with Gasteiger partial charge in [-0.3, -0.25) is 14.5 Å². The number of furan rings is 1. The van der Waals surface area contributed by atoms with Gasteiger partial charge in [0.25, 0.3) is 5.91 Å². The zero-order valence-electron chi connectivity index (χ0n) is 23.3. The highest BCUT2D eigenvalue weighted by atomic mass is 32.1. The average molecular weight is 594 g/mol. The molecule has 2 aliphatic rings. The highest BCUT2D eigenvalue weighted by Gasteiger charge is 2.34. The Balaban J connectivity index is 1.18. The fourth-order valence-corrected chi connectivity index (χ4v) is 6.80. The largest absolute Gasteiger partial charge is 0.460 e. The summed E-state index contributed by atoms with van der Waals surface area (Å²) in [5, 5.41) is 7.65. The number of urea groups is 1. The predicted octanol–water partition coefficient (Wildman–Crippen LogP) is 6.73. The Labute approximate surface area is 250 Å². The lowest BCUT2D eigenvalue weighted by Gasteiger charge is -2.32. The number of fused-ring (bicyclic) bond motifs is 1. The summed E-state index contributed by atoms with van der Waals surface area (Å²) in [7, 11) is 0. The second-order valence-corrected chi connectivity index (χ2v) is 11.5. The second kappa shape index (κ2) is 10.6. The molecule has 216 valence electrons. The van der Waals surface area contributed by atoms with E-state index in [0.29, 0.717) is 62.3 Å². The second-order valence-electron chi connectivity index (χ2n) is 10.5. The molecule has 7 rings (SSSR count). The van der Waals surface area contributed by atoms with Crippen molar-refractivity contribution in [2.45, 2.75) is 25.8 Å². The minimum absolute atomic E-state index is 0.151. The first-order chi connectivity index (χ1) is 20.9. The number of carbonyl (C=O) groups is 3. The molecule has 2 aliphatic heterocycles. The van der Waals surface area contributed by atoms with Gasteiger partial charge in [0.1, 0.15) is 15.5 Å². The van der Waals surface area contributed by atoms with Crippen molar-refractivity contribution in [3.63, 3.8) is 0 Å². The summed E-state index contributed by atoms with van der Waals surface area (Å²) < 4.78 is 11.7. The van der Waals surface area contributed by atoms with Crippen molar-refractivity contribution >= 4 is 67.4 Å². The maximum absolute atomic E-state index is 13.6. The molecule has 0 unspecified atom stereocenters. The van der Waals surface area contributed by atoms with E-state index < -0.39 is 0 Å². The van der Waals surface area contributed by atoms with E-state index in [4.69, 9.17) is 9.15 Å². The summed E-state index contributed by atoms with van der Waals surface area (Å²) in [6, 6.07) is 14.3. The van der Waals surface area contributed by atoms with Gasteiger partial charge in [-0.2, -0.15) is 0 Å². The number of thiophene rings is 1. The molecule has 1 atom stereocenters. The Kier molecular flexibility index (Phi) is 6.58. The number of aryl methyl sites for hydroxylation is 1. The fraction of sp³-hybridized carbons (Fsp3) is 0.188. The van der Waals surface area contributed by atoms with Crippen LogP contribution in [-0.4, -0.2) is 46.9 Å². The summed E-state index contributed by atoms with van der Waals surface area (Å²) in [6.07, 6.45) is 6.09. The molecule has 1 fully saturated rings. The van der Waals surface area contributed by atoms with Gasteiger partial charge in [0, 0.05) is 30.7 Å². The van der Waals surface area contributed by atoms with Crippen LogP contribution in [0.3, 0.4) is 0 Å². The molecule has 10 nitrogen and oxygen atoms in total. The van der Waals surface area contributed by atoms with Crippen LogP contribution in [0, 0.1) is 6.92 Å². The van der Waals surface area contributed by atoms with Crippen LogP contribution in [0.5, 0.6) is 11.5 Å². The number of amides is 4. The van der Waals surface area contributed by atoms with Gasteiger partial charge in [-0.05, 0) is 67.8 Å². The van der Waals surface area contributed by atoms with Crippen LogP contribution in [0.4, 0.5) is 21.9 Å². The summed E-state index contributed by atoms with van der Waals surface area (Å²) in [6.45, 7) is 6.52. The number of hydrogen-bond donors (Lipinski definition) is 2. The zero-order valence-corrected chi connectivity index (χ0v) is 24.1. The Hall–Kier alpha value is -5.16. The minimum Gasteiger partial charge on any atom is -0.460 e. The van der Waals surface area contributed by atoms with Crippen LogP contribution < -0.4 is 20.3 Å². The van der Waals surface area contributed by atoms with Gasteiger partial charge in [0.2, 0.25) is 5.91 Å². The van der Waals surface area contributed by atoms with Crippen LogP contribution in [-0.2, 0) is 4.79 Å². The predicted molar refractivity (Wildman–Crippen MR) is 166 cm³/mol. The Bertz CT molecular complexity index is 1950. The molecule has 5 heterocycles. The molecule has 2 aromatic carbocycles. The molecule has 0 saturated carbocycles. The van der Waals surface area contributed by atoms with Gasteiger partial charge in [0.15, 0.2) is 11.3 Å². The number of nitrogens with zero attached hydrogens (tertiary/aromatic N) is 3. The van der Waals surface area contributed by atoms with E-state index >= 15 is 0 Å². The SMILES string of the molecule is C=CC(=O)N1CCC[C@@H](NC(=O)c2sc3nccc4c3c2NC(=O)N4c2ccc(Oc3cccc4ccoc34)cc2C)C1. The number of aromatic nitrogens is 1. The van der Waals surface area contributed by atoms with Gasteiger partial charge in [0.05, 0.1) is 28.7 Å². The maximum Gasteiger partial charge on any atom is 0.331 e. The first kappa shape index (κ1) is 26.7. The van der Waals surface area contributed by atoms with Crippen LogP contribution in [0.1, 0.15) is 28.1 Å². The fourth-order valence-electron chi connectivity index (χ4n) is 5.77. The van der Waals surface area contributed by atoms with E-state index in [-0.39, 0.29) is 23.9 Å². The van der Waals surface area contributed by atoms with Gasteiger partial charge in [-0.25, -0.2) is 9.78 Å². The van der Waals surface area contributed by atoms with Gasteiger partial charge in [-0.15, -0.1) is 11.3 Å². The molecule has 0 radical (unpaired) electrons. The highest BCUT2D eigenvalue weighted by Crippen LogP contribution is 2.46. The van der Waals surface area contributed by atoms with Crippen LogP contribution in [0.25, 0.3) is 21.2 Å². The Morgan fingerprint density at radius 1 is 1.21 bits per heavy atom. The zero-order chi connectivity index (χ0) is 29.7. The van der Waals surface area contributed by atoms with Crippen molar-refractivity contribution in [2.24, 2.45) is 0 Å². The first-order valence-electron chi connectivity index (χ1n) is 13.9. The number of nitrogens with one attached hydrogen (secondary N) is 2. The number of pyridine rings is 1. The van der Waals surface area contributed by atoms with Gasteiger partial charge >= 0.3 is 6.03 Å². The molecule has 1 saturated heterocycles. The van der Waals surface area contributed by atoms with Crippen molar-refractivity contribution in [1.82, 2.24) is 15.2 Å². The molecule has 43 heavy (non-hydrogen) atoms. The molecule has 0 spiro atoms. The molecular weight excluding hydrogens is 566 g/mol. The number of hydrogen-bond acceptors (Lipinski definition) is 7. The molecule has 4 amide bonds. The third kappa shape index (κ3) is 4.67. The Morgan fingerprint density at radius 2 is 2.09 bits per heavy atom. The lowest BCUT2D eigenvalue weighted by molar-refractivity contribution is -0.127. The lowest BCUT2D eigenvalue weighted by atomic mass is 10.1. The molecule has 11 heteroatoms. The molecule has 0 bridgehead atoms. The smallest absolute Gasteiger partial charge is 0.331 e. The van der Waals surface area contributed by atoms with E-state index in [1.165, 1.54) is 17.4 Å². The van der Waals surface area contributed by atoms with Crippen molar-refractivity contribution in [3.8, 4) is 11.5 Å². The van der Waals surface area contributed by atoms with Crippen molar-refractivity contribution < 1.29 is 23.5 Å². The standard InChI is InChI=1S/C32H27N5O5S/c1-3-25(38)36-14-5-7-20(17-36)34-30(39)29-27-26-23(11-13-33-31(26)43-29)37(32(40)35-27)22-10-9-21(16-18(22)2)42-24-8-4-6-19-12-15-41-28(19)24/h3-4,6,8-13,15-16,20H,1,5,7,14,17H2,2H3,(H,34,39)(H,35,40)/t20-/m1/s1. The first-order valence-corrected chi connectivity index (χ1v) is 14.7. The van der Waals surface area contributed by atoms with Gasteiger partial charge in [-0.1, -0.05) is 18.7 Å². The summed E-state index contributed by atoms with van der Waals surface area (Å²) >= 11 is 1.23.